The van der Waals surface area contributed by atoms with Crippen LogP contribution in [0.4, 0.5) is 0 Å². The van der Waals surface area contributed by atoms with Crippen LogP contribution < -0.4 is 4.74 Å². The molecule has 0 spiro atoms. The molecule has 0 saturated carbocycles. The van der Waals surface area contributed by atoms with Crippen molar-refractivity contribution in [2.24, 2.45) is 0 Å². The summed E-state index contributed by atoms with van der Waals surface area (Å²) in [4.78, 5) is 0.856. The Labute approximate surface area is 127 Å². The number of nitriles is 1. The predicted molar refractivity (Wildman–Crippen MR) is 83.8 cm³/mol. The van der Waals surface area contributed by atoms with Crippen molar-refractivity contribution in [2.75, 3.05) is 12.4 Å². The lowest BCUT2D eigenvalue weighted by Gasteiger charge is -2.08. The van der Waals surface area contributed by atoms with Crippen LogP contribution >= 0.6 is 0 Å². The Bertz CT molecular complexity index is 704. The zero-order chi connectivity index (χ0) is 15.2. The zero-order valence-corrected chi connectivity index (χ0v) is 12.9. The van der Waals surface area contributed by atoms with E-state index in [0.717, 1.165) is 16.0 Å². The van der Waals surface area contributed by atoms with Crippen molar-refractivity contribution < 1.29 is 8.95 Å². The molecule has 108 valence electrons. The minimum atomic E-state index is -1.07. The third-order valence-electron chi connectivity index (χ3n) is 3.08. The SMILES string of the molecule is Cc1ccc(S(=O)CCOc2cccc(C#N)c2)c(C)c1. The van der Waals surface area contributed by atoms with E-state index in [1.165, 1.54) is 0 Å². The lowest BCUT2D eigenvalue weighted by atomic mass is 10.2. The fraction of sp³-hybridized carbons (Fsp3) is 0.235. The van der Waals surface area contributed by atoms with E-state index in [-0.39, 0.29) is 0 Å². The molecule has 2 aromatic rings. The molecule has 0 radical (unpaired) electrons. The molecule has 4 heteroatoms. The van der Waals surface area contributed by atoms with Gasteiger partial charge in [-0.05, 0) is 43.7 Å². The lowest BCUT2D eigenvalue weighted by Crippen LogP contribution is -2.09. The van der Waals surface area contributed by atoms with Crippen molar-refractivity contribution in [1.82, 2.24) is 0 Å². The van der Waals surface area contributed by atoms with Crippen molar-refractivity contribution in [3.8, 4) is 11.8 Å². The molecule has 2 aromatic carbocycles. The maximum Gasteiger partial charge on any atom is 0.120 e. The Kier molecular flexibility index (Phi) is 5.13. The van der Waals surface area contributed by atoms with E-state index < -0.39 is 10.8 Å². The molecule has 0 aromatic heterocycles. The molecule has 0 aliphatic rings. The van der Waals surface area contributed by atoms with Gasteiger partial charge in [0.1, 0.15) is 12.4 Å². The van der Waals surface area contributed by atoms with Gasteiger partial charge in [-0.25, -0.2) is 0 Å². The Balaban J connectivity index is 1.94. The highest BCUT2D eigenvalue weighted by atomic mass is 32.2. The van der Waals surface area contributed by atoms with Gasteiger partial charge in [-0.2, -0.15) is 5.26 Å². The van der Waals surface area contributed by atoms with Crippen LogP contribution in [0.25, 0.3) is 0 Å². The first-order valence-corrected chi connectivity index (χ1v) is 8.00. The van der Waals surface area contributed by atoms with Gasteiger partial charge in [0.15, 0.2) is 0 Å². The lowest BCUT2D eigenvalue weighted by molar-refractivity contribution is 0.342. The van der Waals surface area contributed by atoms with Crippen molar-refractivity contribution in [3.05, 3.63) is 59.2 Å². The Morgan fingerprint density at radius 1 is 1.19 bits per heavy atom. The summed E-state index contributed by atoms with van der Waals surface area (Å²) < 4.78 is 17.8. The fourth-order valence-electron chi connectivity index (χ4n) is 2.06. The summed E-state index contributed by atoms with van der Waals surface area (Å²) in [5, 5.41) is 8.82. The number of rotatable bonds is 5. The number of ether oxygens (including phenoxy) is 1. The maximum absolute atomic E-state index is 12.3. The molecule has 0 bridgehead atoms. The van der Waals surface area contributed by atoms with Crippen molar-refractivity contribution in [3.63, 3.8) is 0 Å². The van der Waals surface area contributed by atoms with Gasteiger partial charge in [0.2, 0.25) is 0 Å². The third kappa shape index (κ3) is 4.17. The van der Waals surface area contributed by atoms with Crippen LogP contribution in [-0.2, 0) is 10.8 Å². The predicted octanol–water partition coefficient (Wildman–Crippen LogP) is 3.36. The second-order valence-corrected chi connectivity index (χ2v) is 6.35. The van der Waals surface area contributed by atoms with Crippen LogP contribution in [-0.4, -0.2) is 16.6 Å². The van der Waals surface area contributed by atoms with Crippen LogP contribution in [0, 0.1) is 25.2 Å². The monoisotopic (exact) mass is 299 g/mol. The molecule has 21 heavy (non-hydrogen) atoms. The molecular formula is C17H17NO2S. The average molecular weight is 299 g/mol. The number of benzene rings is 2. The molecule has 0 saturated heterocycles. The number of hydrogen-bond donors (Lipinski definition) is 0. The van der Waals surface area contributed by atoms with E-state index >= 15 is 0 Å². The number of nitrogens with zero attached hydrogens (tertiary/aromatic N) is 1. The van der Waals surface area contributed by atoms with Gasteiger partial charge < -0.3 is 4.74 Å². The third-order valence-corrected chi connectivity index (χ3v) is 4.56. The second kappa shape index (κ2) is 7.05. The summed E-state index contributed by atoms with van der Waals surface area (Å²) in [5.41, 5.74) is 2.76. The van der Waals surface area contributed by atoms with Gasteiger partial charge in [-0.15, -0.1) is 0 Å². The summed E-state index contributed by atoms with van der Waals surface area (Å²) in [7, 11) is -1.07. The van der Waals surface area contributed by atoms with Gasteiger partial charge in [-0.3, -0.25) is 4.21 Å². The highest BCUT2D eigenvalue weighted by Crippen LogP contribution is 2.16. The van der Waals surface area contributed by atoms with Gasteiger partial charge >= 0.3 is 0 Å². The van der Waals surface area contributed by atoms with E-state index in [1.807, 2.05) is 32.0 Å². The first-order chi connectivity index (χ1) is 10.1. The highest BCUT2D eigenvalue weighted by Gasteiger charge is 2.07. The molecule has 0 aliphatic heterocycles. The Hall–Kier alpha value is -2.12. The molecule has 1 unspecified atom stereocenters. The normalized spacial score (nSPS) is 11.7. The Morgan fingerprint density at radius 3 is 2.71 bits per heavy atom. The topological polar surface area (TPSA) is 50.1 Å². The van der Waals surface area contributed by atoms with Crippen molar-refractivity contribution >= 4 is 10.8 Å². The zero-order valence-electron chi connectivity index (χ0n) is 12.1. The molecule has 0 N–H and O–H groups in total. The van der Waals surface area contributed by atoms with Gasteiger partial charge in [0.05, 0.1) is 28.2 Å². The van der Waals surface area contributed by atoms with Crippen molar-refractivity contribution in [1.29, 1.82) is 5.26 Å². The first-order valence-electron chi connectivity index (χ1n) is 6.69. The van der Waals surface area contributed by atoms with E-state index in [1.54, 1.807) is 24.3 Å². The fourth-order valence-corrected chi connectivity index (χ4v) is 3.15. The van der Waals surface area contributed by atoms with E-state index in [4.69, 9.17) is 10.00 Å². The molecule has 3 nitrogen and oxygen atoms in total. The molecule has 2 rings (SSSR count). The minimum Gasteiger partial charge on any atom is -0.493 e. The summed E-state index contributed by atoms with van der Waals surface area (Å²) in [6.45, 7) is 4.34. The quantitative estimate of drug-likeness (QED) is 0.850. The summed E-state index contributed by atoms with van der Waals surface area (Å²) in [6.07, 6.45) is 0. The van der Waals surface area contributed by atoms with Crippen LogP contribution in [0.2, 0.25) is 0 Å². The second-order valence-electron chi connectivity index (χ2n) is 4.81. The van der Waals surface area contributed by atoms with Crippen LogP contribution in [0.5, 0.6) is 5.75 Å². The van der Waals surface area contributed by atoms with Gasteiger partial charge in [0.25, 0.3) is 0 Å². The highest BCUT2D eigenvalue weighted by molar-refractivity contribution is 7.85. The van der Waals surface area contributed by atoms with Gasteiger partial charge in [-0.1, -0.05) is 23.8 Å². The van der Waals surface area contributed by atoms with Gasteiger partial charge in [0, 0.05) is 4.90 Å². The van der Waals surface area contributed by atoms with E-state index in [9.17, 15) is 4.21 Å². The molecular weight excluding hydrogens is 282 g/mol. The van der Waals surface area contributed by atoms with E-state index in [0.29, 0.717) is 23.7 Å². The average Bonchev–Trinajstić information content (AvgIpc) is 2.47. The summed E-state index contributed by atoms with van der Waals surface area (Å²) in [5.74, 6) is 1.06. The van der Waals surface area contributed by atoms with Crippen molar-refractivity contribution in [2.45, 2.75) is 18.7 Å². The standard InChI is InChI=1S/C17H17NO2S/c1-13-6-7-17(14(2)10-13)21(19)9-8-20-16-5-3-4-15(11-16)12-18/h3-7,10-11H,8-9H2,1-2H3. The molecule has 0 heterocycles. The van der Waals surface area contributed by atoms with Crippen LogP contribution in [0.1, 0.15) is 16.7 Å². The van der Waals surface area contributed by atoms with Crippen LogP contribution in [0.15, 0.2) is 47.4 Å². The largest absolute Gasteiger partial charge is 0.493 e. The minimum absolute atomic E-state index is 0.356. The summed E-state index contributed by atoms with van der Waals surface area (Å²) >= 11 is 0. The Morgan fingerprint density at radius 2 is 2.00 bits per heavy atom. The van der Waals surface area contributed by atoms with E-state index in [2.05, 4.69) is 6.07 Å². The smallest absolute Gasteiger partial charge is 0.120 e. The molecule has 0 fully saturated rings. The van der Waals surface area contributed by atoms with Crippen LogP contribution in [0.3, 0.4) is 0 Å². The first kappa shape index (κ1) is 15.3. The molecule has 0 aliphatic carbocycles. The number of aryl methyl sites for hydroxylation is 2. The maximum atomic E-state index is 12.3. The molecule has 0 amide bonds. The molecule has 1 atom stereocenters. The number of hydrogen-bond acceptors (Lipinski definition) is 3. The summed E-state index contributed by atoms with van der Waals surface area (Å²) in [6, 6.07) is 14.9.